The van der Waals surface area contributed by atoms with Crippen molar-refractivity contribution in [3.8, 4) is 10.7 Å². The molecule has 0 bridgehead atoms. The number of urea groups is 1. The van der Waals surface area contributed by atoms with Gasteiger partial charge in [-0.15, -0.1) is 11.3 Å². The lowest BCUT2D eigenvalue weighted by Crippen LogP contribution is -2.20. The number of aromatic nitrogens is 2. The van der Waals surface area contributed by atoms with E-state index < -0.39 is 0 Å². The third kappa shape index (κ3) is 4.10. The predicted octanol–water partition coefficient (Wildman–Crippen LogP) is 5.34. The van der Waals surface area contributed by atoms with Gasteiger partial charge in [0.25, 0.3) is 0 Å². The summed E-state index contributed by atoms with van der Waals surface area (Å²) in [4.78, 5) is 17.8. The van der Waals surface area contributed by atoms with Crippen LogP contribution in [-0.4, -0.2) is 16.2 Å². The molecule has 4 rings (SSSR count). The number of hydrogen-bond acceptors (Lipinski definition) is 5. The van der Waals surface area contributed by atoms with Gasteiger partial charge in [-0.3, -0.25) is 0 Å². The van der Waals surface area contributed by atoms with E-state index in [4.69, 9.17) is 4.52 Å². The van der Waals surface area contributed by atoms with Gasteiger partial charge in [0.05, 0.1) is 11.3 Å². The molecule has 0 atom stereocenters. The van der Waals surface area contributed by atoms with E-state index in [0.717, 1.165) is 21.7 Å². The zero-order chi connectivity index (χ0) is 19.3. The molecule has 6 nitrogen and oxygen atoms in total. The van der Waals surface area contributed by atoms with Crippen LogP contribution in [0.4, 0.5) is 16.2 Å². The van der Waals surface area contributed by atoms with Crippen LogP contribution in [0.15, 0.2) is 70.6 Å². The van der Waals surface area contributed by atoms with Crippen molar-refractivity contribution in [2.24, 2.45) is 0 Å². The van der Waals surface area contributed by atoms with Gasteiger partial charge in [-0.1, -0.05) is 47.6 Å². The van der Waals surface area contributed by atoms with Crippen LogP contribution in [0.1, 0.15) is 17.0 Å². The number of anilines is 2. The Kier molecular flexibility index (Phi) is 5.16. The maximum Gasteiger partial charge on any atom is 0.323 e. The van der Waals surface area contributed by atoms with E-state index >= 15 is 0 Å². The van der Waals surface area contributed by atoms with Gasteiger partial charge in [-0.05, 0) is 41.6 Å². The number of carbonyl (C=O) groups excluding carboxylic acids is 1. The van der Waals surface area contributed by atoms with E-state index in [2.05, 4.69) is 20.8 Å². The smallest absolute Gasteiger partial charge is 0.323 e. The first-order valence-corrected chi connectivity index (χ1v) is 9.65. The van der Waals surface area contributed by atoms with Crippen molar-refractivity contribution in [2.75, 3.05) is 10.6 Å². The minimum atomic E-state index is -0.299. The Morgan fingerprint density at radius 2 is 1.75 bits per heavy atom. The number of hydrogen-bond donors (Lipinski definition) is 2. The summed E-state index contributed by atoms with van der Waals surface area (Å²) in [5, 5.41) is 11.8. The predicted molar refractivity (Wildman–Crippen MR) is 111 cm³/mol. The monoisotopic (exact) mass is 390 g/mol. The van der Waals surface area contributed by atoms with Gasteiger partial charge < -0.3 is 15.2 Å². The minimum absolute atomic E-state index is 0.299. The fourth-order valence-corrected chi connectivity index (χ4v) is 3.43. The summed E-state index contributed by atoms with van der Waals surface area (Å²) in [6.07, 6.45) is 0.430. The molecule has 2 aromatic carbocycles. The molecule has 0 aliphatic rings. The molecule has 0 aliphatic carbocycles. The van der Waals surface area contributed by atoms with Crippen molar-refractivity contribution in [1.29, 1.82) is 0 Å². The second-order valence-electron chi connectivity index (χ2n) is 6.22. The van der Waals surface area contributed by atoms with Crippen molar-refractivity contribution in [2.45, 2.75) is 13.3 Å². The molecule has 0 radical (unpaired) electrons. The molecule has 0 saturated heterocycles. The standard InChI is InChI=1S/C21H18N4O2S/c1-14-7-2-4-9-16(14)22-21(26)23-17-10-5-3-8-15(17)13-19-24-20(25-27-19)18-11-6-12-28-18/h2-12H,13H2,1H3,(H2,22,23,26). The van der Waals surface area contributed by atoms with Crippen LogP contribution in [0.3, 0.4) is 0 Å². The Morgan fingerprint density at radius 3 is 2.54 bits per heavy atom. The minimum Gasteiger partial charge on any atom is -0.339 e. The average molecular weight is 390 g/mol. The number of amides is 2. The Morgan fingerprint density at radius 1 is 1.00 bits per heavy atom. The first kappa shape index (κ1) is 17.9. The van der Waals surface area contributed by atoms with Gasteiger partial charge in [0.1, 0.15) is 0 Å². The molecule has 0 spiro atoms. The number of thiophene rings is 1. The van der Waals surface area contributed by atoms with Crippen LogP contribution in [0.5, 0.6) is 0 Å². The molecule has 28 heavy (non-hydrogen) atoms. The first-order valence-electron chi connectivity index (χ1n) is 8.77. The van der Waals surface area contributed by atoms with Crippen molar-refractivity contribution in [1.82, 2.24) is 10.1 Å². The van der Waals surface area contributed by atoms with E-state index in [1.54, 1.807) is 11.3 Å². The molecule has 0 aliphatic heterocycles. The number of nitrogens with one attached hydrogen (secondary N) is 2. The number of nitrogens with zero attached hydrogens (tertiary/aromatic N) is 2. The molecule has 4 aromatic rings. The van der Waals surface area contributed by atoms with E-state index in [-0.39, 0.29) is 6.03 Å². The fraction of sp³-hybridized carbons (Fsp3) is 0.0952. The van der Waals surface area contributed by atoms with Crippen molar-refractivity contribution >= 4 is 28.7 Å². The summed E-state index contributed by atoms with van der Waals surface area (Å²) in [5.41, 5.74) is 3.36. The van der Waals surface area contributed by atoms with Gasteiger partial charge in [0.2, 0.25) is 11.7 Å². The fourth-order valence-electron chi connectivity index (χ4n) is 2.78. The zero-order valence-electron chi connectivity index (χ0n) is 15.2. The Labute approximate surface area is 166 Å². The van der Waals surface area contributed by atoms with Gasteiger partial charge in [0.15, 0.2) is 0 Å². The quantitative estimate of drug-likeness (QED) is 0.482. The van der Waals surface area contributed by atoms with Crippen molar-refractivity contribution in [3.05, 3.63) is 83.1 Å². The molecule has 140 valence electrons. The summed E-state index contributed by atoms with van der Waals surface area (Å²) in [7, 11) is 0. The van der Waals surface area contributed by atoms with E-state index in [1.807, 2.05) is 73.0 Å². The molecule has 2 amide bonds. The molecule has 0 saturated carbocycles. The van der Waals surface area contributed by atoms with Crippen molar-refractivity contribution in [3.63, 3.8) is 0 Å². The van der Waals surface area contributed by atoms with Crippen LogP contribution in [0.25, 0.3) is 10.7 Å². The summed E-state index contributed by atoms with van der Waals surface area (Å²) in [6.45, 7) is 1.95. The summed E-state index contributed by atoms with van der Waals surface area (Å²) in [5.74, 6) is 1.07. The largest absolute Gasteiger partial charge is 0.339 e. The molecule has 7 heteroatoms. The number of rotatable bonds is 5. The molecular weight excluding hydrogens is 372 g/mol. The maximum atomic E-state index is 12.4. The molecule has 0 fully saturated rings. The van der Waals surface area contributed by atoms with E-state index in [9.17, 15) is 4.79 Å². The van der Waals surface area contributed by atoms with Crippen LogP contribution in [0.2, 0.25) is 0 Å². The molecule has 2 N–H and O–H groups in total. The highest BCUT2D eigenvalue weighted by Gasteiger charge is 2.13. The molecule has 2 aromatic heterocycles. The summed E-state index contributed by atoms with van der Waals surface area (Å²) in [6, 6.07) is 18.8. The highest BCUT2D eigenvalue weighted by Crippen LogP contribution is 2.24. The van der Waals surface area contributed by atoms with Gasteiger partial charge in [-0.2, -0.15) is 4.98 Å². The Bertz CT molecular complexity index is 1090. The van der Waals surface area contributed by atoms with Gasteiger partial charge >= 0.3 is 6.03 Å². The lowest BCUT2D eigenvalue weighted by atomic mass is 10.1. The summed E-state index contributed by atoms with van der Waals surface area (Å²) < 4.78 is 5.38. The second kappa shape index (κ2) is 8.06. The second-order valence-corrected chi connectivity index (χ2v) is 7.16. The highest BCUT2D eigenvalue weighted by atomic mass is 32.1. The summed E-state index contributed by atoms with van der Waals surface area (Å²) >= 11 is 1.56. The molecule has 2 heterocycles. The average Bonchev–Trinajstić information content (AvgIpc) is 3.37. The number of para-hydroxylation sites is 2. The van der Waals surface area contributed by atoms with Crippen LogP contribution in [0, 0.1) is 6.92 Å². The SMILES string of the molecule is Cc1ccccc1NC(=O)Nc1ccccc1Cc1nc(-c2cccs2)no1. The van der Waals surface area contributed by atoms with Gasteiger partial charge in [0, 0.05) is 11.4 Å². The van der Waals surface area contributed by atoms with Crippen LogP contribution < -0.4 is 10.6 Å². The molecule has 0 unspecified atom stereocenters. The lowest BCUT2D eigenvalue weighted by molar-refractivity contribution is 0.262. The Balaban J connectivity index is 1.48. The third-order valence-corrected chi connectivity index (χ3v) is 5.08. The van der Waals surface area contributed by atoms with E-state index in [1.165, 1.54) is 0 Å². The van der Waals surface area contributed by atoms with Crippen molar-refractivity contribution < 1.29 is 9.32 Å². The topological polar surface area (TPSA) is 80.0 Å². The van der Waals surface area contributed by atoms with Crippen LogP contribution in [-0.2, 0) is 6.42 Å². The molecular formula is C21H18N4O2S. The third-order valence-electron chi connectivity index (χ3n) is 4.21. The number of aryl methyl sites for hydroxylation is 1. The van der Waals surface area contributed by atoms with Gasteiger partial charge in [-0.25, -0.2) is 4.79 Å². The maximum absolute atomic E-state index is 12.4. The lowest BCUT2D eigenvalue weighted by Gasteiger charge is -2.12. The number of carbonyl (C=O) groups is 1. The zero-order valence-corrected chi connectivity index (χ0v) is 16.0. The van der Waals surface area contributed by atoms with Crippen LogP contribution >= 0.6 is 11.3 Å². The first-order chi connectivity index (χ1) is 13.7. The Hall–Kier alpha value is -3.45. The number of benzene rings is 2. The normalized spacial score (nSPS) is 10.6. The highest BCUT2D eigenvalue weighted by molar-refractivity contribution is 7.13. The van der Waals surface area contributed by atoms with E-state index in [0.29, 0.717) is 23.8 Å².